The van der Waals surface area contributed by atoms with Gasteiger partial charge in [-0.15, -0.1) is 0 Å². The quantitative estimate of drug-likeness (QED) is 0.635. The summed E-state index contributed by atoms with van der Waals surface area (Å²) in [6, 6.07) is 7.75. The van der Waals surface area contributed by atoms with Gasteiger partial charge in [0, 0.05) is 13.3 Å². The van der Waals surface area contributed by atoms with Crippen LogP contribution in [0.15, 0.2) is 24.3 Å². The zero-order chi connectivity index (χ0) is 8.60. The van der Waals surface area contributed by atoms with Gasteiger partial charge >= 0.3 is 0 Å². The maximum absolute atomic E-state index is 5.62. The lowest BCUT2D eigenvalue weighted by atomic mass is 10.2. The number of hydrogen-bond acceptors (Lipinski definition) is 2. The summed E-state index contributed by atoms with van der Waals surface area (Å²) in [4.78, 5) is 0. The Bertz CT molecular complexity index is 269. The predicted molar refractivity (Wildman–Crippen MR) is 46.4 cm³/mol. The summed E-state index contributed by atoms with van der Waals surface area (Å²) in [5, 5.41) is 0. The molecule has 0 radical (unpaired) electrons. The predicted octanol–water partition coefficient (Wildman–Crippen LogP) is 2.58. The summed E-state index contributed by atoms with van der Waals surface area (Å²) in [5.41, 5.74) is 0. The minimum atomic E-state index is -0.455. The van der Waals surface area contributed by atoms with E-state index in [2.05, 4.69) is 0 Å². The number of para-hydroxylation sites is 2. The van der Waals surface area contributed by atoms with Crippen LogP contribution in [0.1, 0.15) is 20.3 Å². The van der Waals surface area contributed by atoms with Crippen molar-refractivity contribution in [3.05, 3.63) is 24.3 Å². The summed E-state index contributed by atoms with van der Waals surface area (Å²) in [6.07, 6.45) is 0.849. The highest BCUT2D eigenvalue weighted by Crippen LogP contribution is 2.39. The van der Waals surface area contributed by atoms with Crippen molar-refractivity contribution < 1.29 is 9.47 Å². The first-order valence-electron chi connectivity index (χ1n) is 4.20. The molecule has 12 heavy (non-hydrogen) atoms. The number of benzene rings is 1. The first kappa shape index (κ1) is 7.47. The van der Waals surface area contributed by atoms with Crippen LogP contribution in [0.5, 0.6) is 11.5 Å². The van der Waals surface area contributed by atoms with Gasteiger partial charge in [-0.25, -0.2) is 0 Å². The fourth-order valence-corrected chi connectivity index (χ4v) is 1.25. The molecule has 0 saturated heterocycles. The lowest BCUT2D eigenvalue weighted by Crippen LogP contribution is -2.33. The molecule has 0 aromatic heterocycles. The SMILES string of the molecule is CCC1(C)Oc2ccccc2O1. The molecule has 1 aliphatic rings. The molecule has 1 heterocycles. The Morgan fingerprint density at radius 2 is 1.67 bits per heavy atom. The van der Waals surface area contributed by atoms with E-state index in [1.54, 1.807) is 0 Å². The van der Waals surface area contributed by atoms with Crippen LogP contribution in [-0.2, 0) is 0 Å². The van der Waals surface area contributed by atoms with Gasteiger partial charge in [0.25, 0.3) is 0 Å². The van der Waals surface area contributed by atoms with Crippen molar-refractivity contribution in [2.75, 3.05) is 0 Å². The molecule has 0 aliphatic carbocycles. The van der Waals surface area contributed by atoms with Crippen LogP contribution in [0, 0.1) is 0 Å². The standard InChI is InChI=1S/C10H12O2/c1-3-10(2)11-8-6-4-5-7-9(8)12-10/h4-7H,3H2,1-2H3. The molecule has 1 aromatic rings. The Hall–Kier alpha value is -1.18. The molecule has 0 N–H and O–H groups in total. The van der Waals surface area contributed by atoms with Crippen molar-refractivity contribution >= 4 is 0 Å². The largest absolute Gasteiger partial charge is 0.449 e. The van der Waals surface area contributed by atoms with E-state index in [9.17, 15) is 0 Å². The smallest absolute Gasteiger partial charge is 0.248 e. The highest BCUT2D eigenvalue weighted by Gasteiger charge is 2.34. The second-order valence-corrected chi connectivity index (χ2v) is 3.14. The second-order valence-electron chi connectivity index (χ2n) is 3.14. The van der Waals surface area contributed by atoms with Gasteiger partial charge in [-0.2, -0.15) is 0 Å². The number of rotatable bonds is 1. The monoisotopic (exact) mass is 164 g/mol. The van der Waals surface area contributed by atoms with Crippen LogP contribution in [0.3, 0.4) is 0 Å². The first-order chi connectivity index (χ1) is 5.73. The lowest BCUT2D eigenvalue weighted by molar-refractivity contribution is -0.0640. The molecule has 1 aromatic carbocycles. The Morgan fingerprint density at radius 3 is 2.08 bits per heavy atom. The zero-order valence-electron chi connectivity index (χ0n) is 7.33. The molecule has 64 valence electrons. The highest BCUT2D eigenvalue weighted by atomic mass is 16.7. The molecule has 0 spiro atoms. The van der Waals surface area contributed by atoms with Gasteiger partial charge in [0.2, 0.25) is 5.79 Å². The molecule has 0 atom stereocenters. The molecule has 0 fully saturated rings. The Morgan fingerprint density at radius 1 is 1.17 bits per heavy atom. The number of fused-ring (bicyclic) bond motifs is 1. The Balaban J connectivity index is 2.33. The third kappa shape index (κ3) is 1.04. The van der Waals surface area contributed by atoms with E-state index in [0.717, 1.165) is 17.9 Å². The average molecular weight is 164 g/mol. The summed E-state index contributed by atoms with van der Waals surface area (Å²) >= 11 is 0. The molecule has 0 amide bonds. The van der Waals surface area contributed by atoms with E-state index in [1.807, 2.05) is 38.1 Å². The van der Waals surface area contributed by atoms with Crippen molar-refractivity contribution in [2.45, 2.75) is 26.1 Å². The van der Waals surface area contributed by atoms with Crippen LogP contribution < -0.4 is 9.47 Å². The first-order valence-corrected chi connectivity index (χ1v) is 4.20. The van der Waals surface area contributed by atoms with E-state index in [-0.39, 0.29) is 0 Å². The maximum atomic E-state index is 5.62. The summed E-state index contributed by atoms with van der Waals surface area (Å²) < 4.78 is 11.2. The fraction of sp³-hybridized carbons (Fsp3) is 0.400. The van der Waals surface area contributed by atoms with Crippen molar-refractivity contribution in [1.82, 2.24) is 0 Å². The van der Waals surface area contributed by atoms with Gasteiger partial charge < -0.3 is 9.47 Å². The molecule has 0 saturated carbocycles. The van der Waals surface area contributed by atoms with Gasteiger partial charge in [-0.3, -0.25) is 0 Å². The average Bonchev–Trinajstić information content (AvgIpc) is 2.42. The number of ether oxygens (including phenoxy) is 2. The van der Waals surface area contributed by atoms with Gasteiger partial charge in [0.1, 0.15) is 0 Å². The topological polar surface area (TPSA) is 18.5 Å². The van der Waals surface area contributed by atoms with Crippen LogP contribution in [0.25, 0.3) is 0 Å². The molecule has 0 bridgehead atoms. The minimum Gasteiger partial charge on any atom is -0.449 e. The highest BCUT2D eigenvalue weighted by molar-refractivity contribution is 5.42. The molecule has 2 rings (SSSR count). The Kier molecular flexibility index (Phi) is 1.50. The van der Waals surface area contributed by atoms with E-state index in [4.69, 9.17) is 9.47 Å². The van der Waals surface area contributed by atoms with E-state index >= 15 is 0 Å². The zero-order valence-corrected chi connectivity index (χ0v) is 7.33. The molecule has 2 heteroatoms. The molecule has 0 unspecified atom stereocenters. The molecular formula is C10H12O2. The molecule has 1 aliphatic heterocycles. The summed E-state index contributed by atoms with van der Waals surface area (Å²) in [6.45, 7) is 4.00. The lowest BCUT2D eigenvalue weighted by Gasteiger charge is -2.20. The number of hydrogen-bond donors (Lipinski definition) is 0. The minimum absolute atomic E-state index is 0.455. The maximum Gasteiger partial charge on any atom is 0.248 e. The Labute approximate surface area is 72.1 Å². The van der Waals surface area contributed by atoms with Crippen molar-refractivity contribution in [2.24, 2.45) is 0 Å². The van der Waals surface area contributed by atoms with Gasteiger partial charge in [0.05, 0.1) is 0 Å². The van der Waals surface area contributed by atoms with Crippen LogP contribution in [0.2, 0.25) is 0 Å². The van der Waals surface area contributed by atoms with Crippen LogP contribution in [0.4, 0.5) is 0 Å². The van der Waals surface area contributed by atoms with Gasteiger partial charge in [-0.05, 0) is 12.1 Å². The van der Waals surface area contributed by atoms with Crippen LogP contribution >= 0.6 is 0 Å². The van der Waals surface area contributed by atoms with E-state index < -0.39 is 5.79 Å². The van der Waals surface area contributed by atoms with E-state index in [0.29, 0.717) is 0 Å². The van der Waals surface area contributed by atoms with Crippen molar-refractivity contribution in [3.63, 3.8) is 0 Å². The summed E-state index contributed by atoms with van der Waals surface area (Å²) in [7, 11) is 0. The van der Waals surface area contributed by atoms with Gasteiger partial charge in [-0.1, -0.05) is 19.1 Å². The van der Waals surface area contributed by atoms with E-state index in [1.165, 1.54) is 0 Å². The normalized spacial score (nSPS) is 17.8. The van der Waals surface area contributed by atoms with Crippen molar-refractivity contribution in [3.8, 4) is 11.5 Å². The molecular weight excluding hydrogens is 152 g/mol. The second kappa shape index (κ2) is 2.41. The molecule has 2 nitrogen and oxygen atoms in total. The fourth-order valence-electron chi connectivity index (χ4n) is 1.25. The van der Waals surface area contributed by atoms with Gasteiger partial charge in [0.15, 0.2) is 11.5 Å². The summed E-state index contributed by atoms with van der Waals surface area (Å²) in [5.74, 6) is 1.24. The third-order valence-electron chi connectivity index (χ3n) is 2.14. The third-order valence-corrected chi connectivity index (χ3v) is 2.14. The van der Waals surface area contributed by atoms with Crippen LogP contribution in [-0.4, -0.2) is 5.79 Å². The van der Waals surface area contributed by atoms with Crippen molar-refractivity contribution in [1.29, 1.82) is 0 Å².